The van der Waals surface area contributed by atoms with Crippen molar-refractivity contribution in [3.63, 3.8) is 0 Å². The number of hydrogen-bond donors (Lipinski definition) is 1. The molecular formula is C20H22N2O5. The van der Waals surface area contributed by atoms with Gasteiger partial charge < -0.3 is 24.4 Å². The highest BCUT2D eigenvalue weighted by molar-refractivity contribution is 5.97. The smallest absolute Gasteiger partial charge is 0.258 e. The molecule has 1 saturated heterocycles. The molecular weight excluding hydrogens is 348 g/mol. The van der Waals surface area contributed by atoms with E-state index in [0.29, 0.717) is 23.8 Å². The molecule has 27 heavy (non-hydrogen) atoms. The fourth-order valence-corrected chi connectivity index (χ4v) is 2.94. The molecule has 0 aromatic heterocycles. The molecule has 3 rings (SSSR count). The van der Waals surface area contributed by atoms with E-state index >= 15 is 0 Å². The maximum atomic E-state index is 12.3. The van der Waals surface area contributed by atoms with Gasteiger partial charge in [-0.1, -0.05) is 12.1 Å². The number of ether oxygens (including phenoxy) is 3. The summed E-state index contributed by atoms with van der Waals surface area (Å²) in [4.78, 5) is 26.1. The summed E-state index contributed by atoms with van der Waals surface area (Å²) in [7, 11) is 3.15. The molecule has 0 bridgehead atoms. The summed E-state index contributed by atoms with van der Waals surface area (Å²) in [6.07, 6.45) is 0.252. The molecule has 2 amide bonds. The number of benzene rings is 2. The van der Waals surface area contributed by atoms with Gasteiger partial charge in [-0.25, -0.2) is 0 Å². The molecule has 1 unspecified atom stereocenters. The lowest BCUT2D eigenvalue weighted by atomic mass is 10.2. The van der Waals surface area contributed by atoms with E-state index in [2.05, 4.69) is 5.32 Å². The van der Waals surface area contributed by atoms with Crippen LogP contribution in [0.4, 0.5) is 5.69 Å². The molecule has 0 saturated carbocycles. The SMILES string of the molecule is COc1cccc(OCC(=O)NC2CC(=O)N(c3cccc(OC)c3)C2)c1. The third-order valence-corrected chi connectivity index (χ3v) is 4.27. The third-order valence-electron chi connectivity index (χ3n) is 4.27. The van der Waals surface area contributed by atoms with Crippen LogP contribution in [0.1, 0.15) is 6.42 Å². The highest BCUT2D eigenvalue weighted by atomic mass is 16.5. The summed E-state index contributed by atoms with van der Waals surface area (Å²) < 4.78 is 15.8. The second-order valence-electron chi connectivity index (χ2n) is 6.14. The Hall–Kier alpha value is -3.22. The van der Waals surface area contributed by atoms with Crippen LogP contribution in [0.3, 0.4) is 0 Å². The van der Waals surface area contributed by atoms with E-state index in [1.54, 1.807) is 49.5 Å². The van der Waals surface area contributed by atoms with Crippen LogP contribution in [0.15, 0.2) is 48.5 Å². The van der Waals surface area contributed by atoms with Gasteiger partial charge in [0.15, 0.2) is 6.61 Å². The van der Waals surface area contributed by atoms with E-state index in [1.807, 2.05) is 18.2 Å². The van der Waals surface area contributed by atoms with Crippen LogP contribution >= 0.6 is 0 Å². The Morgan fingerprint density at radius 1 is 1.07 bits per heavy atom. The predicted octanol–water partition coefficient (Wildman–Crippen LogP) is 2.00. The van der Waals surface area contributed by atoms with Gasteiger partial charge in [0.1, 0.15) is 17.2 Å². The molecule has 0 radical (unpaired) electrons. The Kier molecular flexibility index (Phi) is 5.80. The molecule has 1 aliphatic rings. The number of carbonyl (C=O) groups excluding carboxylic acids is 2. The number of methoxy groups -OCH3 is 2. The van der Waals surface area contributed by atoms with Crippen LogP contribution in [0.25, 0.3) is 0 Å². The predicted molar refractivity (Wildman–Crippen MR) is 100 cm³/mol. The van der Waals surface area contributed by atoms with Crippen molar-refractivity contribution < 1.29 is 23.8 Å². The fourth-order valence-electron chi connectivity index (χ4n) is 2.94. The van der Waals surface area contributed by atoms with E-state index in [1.165, 1.54) is 0 Å². The Morgan fingerprint density at radius 3 is 2.48 bits per heavy atom. The molecule has 2 aromatic carbocycles. The highest BCUT2D eigenvalue weighted by Gasteiger charge is 2.31. The van der Waals surface area contributed by atoms with Crippen molar-refractivity contribution in [3.05, 3.63) is 48.5 Å². The minimum Gasteiger partial charge on any atom is -0.497 e. The third kappa shape index (κ3) is 4.69. The molecule has 7 heteroatoms. The first-order chi connectivity index (χ1) is 13.1. The maximum absolute atomic E-state index is 12.3. The van der Waals surface area contributed by atoms with E-state index in [4.69, 9.17) is 14.2 Å². The number of anilines is 1. The minimum absolute atomic E-state index is 0.0396. The lowest BCUT2D eigenvalue weighted by Gasteiger charge is -2.18. The van der Waals surface area contributed by atoms with Gasteiger partial charge in [-0.05, 0) is 24.3 Å². The summed E-state index contributed by atoms with van der Waals surface area (Å²) in [5.41, 5.74) is 0.753. The van der Waals surface area contributed by atoms with E-state index < -0.39 is 0 Å². The average Bonchev–Trinajstić information content (AvgIpc) is 3.06. The fraction of sp³-hybridized carbons (Fsp3) is 0.300. The van der Waals surface area contributed by atoms with Gasteiger partial charge in [0.2, 0.25) is 5.91 Å². The highest BCUT2D eigenvalue weighted by Crippen LogP contribution is 2.25. The van der Waals surface area contributed by atoms with E-state index in [9.17, 15) is 9.59 Å². The molecule has 1 fully saturated rings. The van der Waals surface area contributed by atoms with Gasteiger partial charge in [-0.3, -0.25) is 9.59 Å². The zero-order valence-corrected chi connectivity index (χ0v) is 15.3. The quantitative estimate of drug-likeness (QED) is 0.807. The number of nitrogens with zero attached hydrogens (tertiary/aromatic N) is 1. The Labute approximate surface area is 157 Å². The lowest BCUT2D eigenvalue weighted by molar-refractivity contribution is -0.123. The molecule has 1 atom stereocenters. The van der Waals surface area contributed by atoms with Gasteiger partial charge in [0, 0.05) is 30.8 Å². The summed E-state index contributed by atoms with van der Waals surface area (Å²) in [6, 6.07) is 14.1. The monoisotopic (exact) mass is 370 g/mol. The largest absolute Gasteiger partial charge is 0.497 e. The zero-order chi connectivity index (χ0) is 19.2. The average molecular weight is 370 g/mol. The normalized spacial score (nSPS) is 16.1. The van der Waals surface area contributed by atoms with Crippen molar-refractivity contribution in [1.29, 1.82) is 0 Å². The maximum Gasteiger partial charge on any atom is 0.258 e. The first-order valence-corrected chi connectivity index (χ1v) is 8.59. The van der Waals surface area contributed by atoms with Crippen molar-refractivity contribution in [2.45, 2.75) is 12.5 Å². The van der Waals surface area contributed by atoms with Gasteiger partial charge >= 0.3 is 0 Å². The summed E-state index contributed by atoms with van der Waals surface area (Å²) in [6.45, 7) is 0.286. The Balaban J connectivity index is 1.53. The zero-order valence-electron chi connectivity index (χ0n) is 15.3. The van der Waals surface area contributed by atoms with Crippen molar-refractivity contribution >= 4 is 17.5 Å². The summed E-state index contributed by atoms with van der Waals surface area (Å²) in [5, 5.41) is 2.85. The molecule has 142 valence electrons. The van der Waals surface area contributed by atoms with Crippen LogP contribution in [0.2, 0.25) is 0 Å². The van der Waals surface area contributed by atoms with Gasteiger partial charge in [0.25, 0.3) is 5.91 Å². The van der Waals surface area contributed by atoms with Gasteiger partial charge in [0.05, 0.1) is 20.3 Å². The summed E-state index contributed by atoms with van der Waals surface area (Å²) in [5.74, 6) is 1.57. The number of amides is 2. The van der Waals surface area contributed by atoms with Crippen LogP contribution < -0.4 is 24.4 Å². The van der Waals surface area contributed by atoms with Gasteiger partial charge in [-0.2, -0.15) is 0 Å². The first-order valence-electron chi connectivity index (χ1n) is 8.59. The van der Waals surface area contributed by atoms with E-state index in [0.717, 1.165) is 5.69 Å². The van der Waals surface area contributed by atoms with Crippen molar-refractivity contribution in [2.24, 2.45) is 0 Å². The molecule has 0 spiro atoms. The molecule has 0 aliphatic carbocycles. The first kappa shape index (κ1) is 18.6. The van der Waals surface area contributed by atoms with Crippen molar-refractivity contribution in [1.82, 2.24) is 5.32 Å². The molecule has 2 aromatic rings. The van der Waals surface area contributed by atoms with Crippen LogP contribution in [0, 0.1) is 0 Å². The second-order valence-corrected chi connectivity index (χ2v) is 6.14. The van der Waals surface area contributed by atoms with Crippen molar-refractivity contribution in [2.75, 3.05) is 32.3 Å². The summed E-state index contributed by atoms with van der Waals surface area (Å²) >= 11 is 0. The lowest BCUT2D eigenvalue weighted by Crippen LogP contribution is -2.39. The molecule has 1 heterocycles. The number of nitrogens with one attached hydrogen (secondary N) is 1. The Bertz CT molecular complexity index is 824. The van der Waals surface area contributed by atoms with Crippen LogP contribution in [-0.2, 0) is 9.59 Å². The van der Waals surface area contributed by atoms with E-state index in [-0.39, 0.29) is 30.9 Å². The van der Waals surface area contributed by atoms with Crippen LogP contribution in [-0.4, -0.2) is 45.2 Å². The number of hydrogen-bond acceptors (Lipinski definition) is 5. The topological polar surface area (TPSA) is 77.1 Å². The van der Waals surface area contributed by atoms with Crippen molar-refractivity contribution in [3.8, 4) is 17.2 Å². The van der Waals surface area contributed by atoms with Gasteiger partial charge in [-0.15, -0.1) is 0 Å². The molecule has 7 nitrogen and oxygen atoms in total. The minimum atomic E-state index is -0.275. The number of carbonyl (C=O) groups is 2. The second kappa shape index (κ2) is 8.44. The van der Waals surface area contributed by atoms with Crippen LogP contribution in [0.5, 0.6) is 17.2 Å². The molecule has 1 N–H and O–H groups in total. The molecule has 1 aliphatic heterocycles. The number of rotatable bonds is 7. The Morgan fingerprint density at radius 2 is 1.74 bits per heavy atom. The standard InChI is InChI=1S/C20H22N2O5/c1-25-16-6-3-5-15(10-16)22-12-14(9-20(22)24)21-19(23)13-27-18-8-4-7-17(11-18)26-2/h3-8,10-11,14H,9,12-13H2,1-2H3,(H,21,23).